The zero-order valence-electron chi connectivity index (χ0n) is 14.1. The quantitative estimate of drug-likeness (QED) is 0.730. The molecule has 2 unspecified atom stereocenters. The maximum absolute atomic E-state index is 12.2. The number of rotatable bonds is 4. The van der Waals surface area contributed by atoms with Gasteiger partial charge in [-0.25, -0.2) is 0 Å². The summed E-state index contributed by atoms with van der Waals surface area (Å²) in [6.07, 6.45) is 2.58. The first-order valence-electron chi connectivity index (χ1n) is 7.86. The van der Waals surface area contributed by atoms with Gasteiger partial charge < -0.3 is 9.47 Å². The average Bonchev–Trinajstić information content (AvgIpc) is 2.48. The van der Waals surface area contributed by atoms with E-state index in [1.807, 2.05) is 0 Å². The third-order valence-electron chi connectivity index (χ3n) is 4.51. The number of ether oxygens (including phenoxy) is 2. The molecule has 0 aromatic carbocycles. The minimum Gasteiger partial charge on any atom is -0.465 e. The average molecular weight is 284 g/mol. The van der Waals surface area contributed by atoms with Crippen LogP contribution < -0.4 is 0 Å². The summed E-state index contributed by atoms with van der Waals surface area (Å²) >= 11 is 0. The van der Waals surface area contributed by atoms with Gasteiger partial charge in [-0.3, -0.25) is 4.79 Å². The second kappa shape index (κ2) is 6.93. The van der Waals surface area contributed by atoms with Crippen LogP contribution in [-0.2, 0) is 14.3 Å². The Bertz CT molecular complexity index is 315. The van der Waals surface area contributed by atoms with Crippen LogP contribution in [0.2, 0.25) is 0 Å². The topological polar surface area (TPSA) is 35.5 Å². The Hall–Kier alpha value is -0.570. The molecule has 2 atom stereocenters. The molecule has 1 saturated heterocycles. The summed E-state index contributed by atoms with van der Waals surface area (Å²) in [6, 6.07) is 0. The SMILES string of the molecule is CC(CCOC(=O)C1CCOCC(C)(C)C1)C(C)(C)C. The van der Waals surface area contributed by atoms with Crippen molar-refractivity contribution in [3.05, 3.63) is 0 Å². The molecule has 0 spiro atoms. The van der Waals surface area contributed by atoms with E-state index in [1.165, 1.54) is 0 Å². The first-order chi connectivity index (χ1) is 9.12. The van der Waals surface area contributed by atoms with Crippen LogP contribution in [0, 0.1) is 22.7 Å². The van der Waals surface area contributed by atoms with E-state index >= 15 is 0 Å². The Morgan fingerprint density at radius 1 is 1.40 bits per heavy atom. The normalized spacial score (nSPS) is 24.8. The molecule has 1 fully saturated rings. The molecule has 0 aliphatic carbocycles. The molecular formula is C17H32O3. The van der Waals surface area contributed by atoms with Gasteiger partial charge in [-0.1, -0.05) is 41.5 Å². The predicted octanol–water partition coefficient (Wildman–Crippen LogP) is 4.05. The summed E-state index contributed by atoms with van der Waals surface area (Å²) in [5, 5.41) is 0. The van der Waals surface area contributed by atoms with E-state index in [2.05, 4.69) is 41.5 Å². The van der Waals surface area contributed by atoms with E-state index in [9.17, 15) is 4.79 Å². The van der Waals surface area contributed by atoms with Crippen molar-refractivity contribution >= 4 is 5.97 Å². The zero-order chi connectivity index (χ0) is 15.4. The maximum Gasteiger partial charge on any atom is 0.309 e. The van der Waals surface area contributed by atoms with Crippen molar-refractivity contribution in [2.45, 2.75) is 60.8 Å². The highest BCUT2D eigenvalue weighted by Gasteiger charge is 2.32. The van der Waals surface area contributed by atoms with Crippen molar-refractivity contribution in [1.29, 1.82) is 0 Å². The van der Waals surface area contributed by atoms with Crippen molar-refractivity contribution in [2.24, 2.45) is 22.7 Å². The van der Waals surface area contributed by atoms with Crippen molar-refractivity contribution in [3.63, 3.8) is 0 Å². The second-order valence-corrected chi connectivity index (χ2v) is 8.13. The number of esters is 1. The Morgan fingerprint density at radius 2 is 2.05 bits per heavy atom. The molecule has 0 saturated carbocycles. The lowest BCUT2D eigenvalue weighted by Crippen LogP contribution is -2.26. The van der Waals surface area contributed by atoms with Gasteiger partial charge in [-0.05, 0) is 36.0 Å². The van der Waals surface area contributed by atoms with Crippen LogP contribution in [0.25, 0.3) is 0 Å². The first-order valence-corrected chi connectivity index (χ1v) is 7.86. The van der Waals surface area contributed by atoms with E-state index in [0.717, 1.165) is 25.9 Å². The van der Waals surface area contributed by atoms with Gasteiger partial charge in [0.05, 0.1) is 19.1 Å². The van der Waals surface area contributed by atoms with Crippen LogP contribution in [0.5, 0.6) is 0 Å². The van der Waals surface area contributed by atoms with E-state index in [0.29, 0.717) is 19.1 Å². The highest BCUT2D eigenvalue weighted by Crippen LogP contribution is 2.32. The van der Waals surface area contributed by atoms with Crippen LogP contribution in [0.3, 0.4) is 0 Å². The molecule has 0 bridgehead atoms. The standard InChI is InChI=1S/C17H32O3/c1-13(16(2,3)4)7-10-20-15(18)14-8-9-19-12-17(5,6)11-14/h13-14H,7-12H2,1-6H3. The molecule has 0 aromatic rings. The van der Waals surface area contributed by atoms with E-state index in [-0.39, 0.29) is 22.7 Å². The van der Waals surface area contributed by atoms with Crippen molar-refractivity contribution in [2.75, 3.05) is 19.8 Å². The molecule has 0 amide bonds. The molecule has 1 heterocycles. The number of carbonyl (C=O) groups excluding carboxylic acids is 1. The molecule has 1 aliphatic heterocycles. The molecule has 3 heteroatoms. The highest BCUT2D eigenvalue weighted by molar-refractivity contribution is 5.72. The lowest BCUT2D eigenvalue weighted by molar-refractivity contribution is -0.150. The second-order valence-electron chi connectivity index (χ2n) is 8.13. The van der Waals surface area contributed by atoms with Crippen molar-refractivity contribution in [1.82, 2.24) is 0 Å². The maximum atomic E-state index is 12.2. The first kappa shape index (κ1) is 17.5. The molecular weight excluding hydrogens is 252 g/mol. The fourth-order valence-corrected chi connectivity index (χ4v) is 2.49. The van der Waals surface area contributed by atoms with Gasteiger partial charge in [0.15, 0.2) is 0 Å². The lowest BCUT2D eigenvalue weighted by atomic mass is 9.80. The van der Waals surface area contributed by atoms with Gasteiger partial charge in [-0.2, -0.15) is 0 Å². The summed E-state index contributed by atoms with van der Waals surface area (Å²) in [4.78, 5) is 12.2. The van der Waals surface area contributed by atoms with Crippen molar-refractivity contribution in [3.8, 4) is 0 Å². The Kier molecular flexibility index (Phi) is 6.06. The number of carbonyl (C=O) groups is 1. The molecule has 20 heavy (non-hydrogen) atoms. The molecule has 3 nitrogen and oxygen atoms in total. The summed E-state index contributed by atoms with van der Waals surface area (Å²) in [7, 11) is 0. The fourth-order valence-electron chi connectivity index (χ4n) is 2.49. The third-order valence-corrected chi connectivity index (χ3v) is 4.51. The molecule has 0 radical (unpaired) electrons. The summed E-state index contributed by atoms with van der Waals surface area (Å²) in [6.45, 7) is 15.1. The van der Waals surface area contributed by atoms with Gasteiger partial charge in [0, 0.05) is 6.61 Å². The largest absolute Gasteiger partial charge is 0.465 e. The summed E-state index contributed by atoms with van der Waals surface area (Å²) < 4.78 is 11.1. The summed E-state index contributed by atoms with van der Waals surface area (Å²) in [5.74, 6) is 0.506. The van der Waals surface area contributed by atoms with Gasteiger partial charge in [-0.15, -0.1) is 0 Å². The van der Waals surface area contributed by atoms with E-state index in [4.69, 9.17) is 9.47 Å². The van der Waals surface area contributed by atoms with Crippen LogP contribution in [0.1, 0.15) is 60.8 Å². The highest BCUT2D eigenvalue weighted by atomic mass is 16.5. The van der Waals surface area contributed by atoms with Gasteiger partial charge in [0.2, 0.25) is 0 Å². The Morgan fingerprint density at radius 3 is 2.65 bits per heavy atom. The van der Waals surface area contributed by atoms with E-state index < -0.39 is 0 Å². The minimum absolute atomic E-state index is 0.00237. The molecule has 118 valence electrons. The third kappa shape index (κ3) is 5.82. The molecule has 0 N–H and O–H groups in total. The number of hydrogen-bond acceptors (Lipinski definition) is 3. The minimum atomic E-state index is -0.0373. The van der Waals surface area contributed by atoms with Crippen LogP contribution in [0.4, 0.5) is 0 Å². The van der Waals surface area contributed by atoms with Crippen LogP contribution in [0.15, 0.2) is 0 Å². The van der Waals surface area contributed by atoms with Gasteiger partial charge in [0.1, 0.15) is 0 Å². The molecule has 1 aliphatic rings. The van der Waals surface area contributed by atoms with Crippen molar-refractivity contribution < 1.29 is 14.3 Å². The van der Waals surface area contributed by atoms with Gasteiger partial charge in [0.25, 0.3) is 0 Å². The fraction of sp³-hybridized carbons (Fsp3) is 0.941. The zero-order valence-corrected chi connectivity index (χ0v) is 14.1. The number of hydrogen-bond donors (Lipinski definition) is 0. The Balaban J connectivity index is 2.38. The smallest absolute Gasteiger partial charge is 0.309 e. The van der Waals surface area contributed by atoms with Crippen LogP contribution in [-0.4, -0.2) is 25.8 Å². The summed E-state index contributed by atoms with van der Waals surface area (Å²) in [5.41, 5.74) is 0.337. The molecule has 0 aromatic heterocycles. The van der Waals surface area contributed by atoms with Crippen LogP contribution >= 0.6 is 0 Å². The monoisotopic (exact) mass is 284 g/mol. The lowest BCUT2D eigenvalue weighted by Gasteiger charge is -2.27. The van der Waals surface area contributed by atoms with E-state index in [1.54, 1.807) is 0 Å². The van der Waals surface area contributed by atoms with Gasteiger partial charge >= 0.3 is 5.97 Å². The molecule has 1 rings (SSSR count). The Labute approximate surface area is 124 Å². The predicted molar refractivity (Wildman–Crippen MR) is 81.5 cm³/mol.